The molecule has 0 amide bonds. The van der Waals surface area contributed by atoms with Crippen molar-refractivity contribution in [1.82, 2.24) is 25.3 Å². The third-order valence-electron chi connectivity index (χ3n) is 4.36. The third kappa shape index (κ3) is 3.86. The van der Waals surface area contributed by atoms with Gasteiger partial charge in [0.05, 0.1) is 31.6 Å². The summed E-state index contributed by atoms with van der Waals surface area (Å²) >= 11 is 0. The Morgan fingerprint density at radius 2 is 2.22 bits per heavy atom. The highest BCUT2D eigenvalue weighted by Gasteiger charge is 2.27. The molecule has 3 rings (SSSR count). The molecule has 2 heterocycles. The molecule has 0 aliphatic heterocycles. The van der Waals surface area contributed by atoms with E-state index in [1.165, 1.54) is 12.8 Å². The Morgan fingerprint density at radius 1 is 1.35 bits per heavy atom. The van der Waals surface area contributed by atoms with Crippen molar-refractivity contribution in [2.45, 2.75) is 50.9 Å². The van der Waals surface area contributed by atoms with Gasteiger partial charge in [0.1, 0.15) is 11.4 Å². The topological polar surface area (TPSA) is 85.1 Å². The zero-order valence-corrected chi connectivity index (χ0v) is 13.4. The molecule has 124 valence electrons. The first-order chi connectivity index (χ1) is 11.3. The van der Waals surface area contributed by atoms with Gasteiger partial charge in [-0.1, -0.05) is 18.1 Å². The second-order valence-corrected chi connectivity index (χ2v) is 5.87. The molecular weight excluding hydrogens is 294 g/mol. The summed E-state index contributed by atoms with van der Waals surface area (Å²) in [6, 6.07) is 4.38. The summed E-state index contributed by atoms with van der Waals surface area (Å²) in [6.45, 7) is 0.623. The molecule has 2 aromatic rings. The highest BCUT2D eigenvalue weighted by Crippen LogP contribution is 2.28. The van der Waals surface area contributed by atoms with E-state index >= 15 is 0 Å². The number of aliphatic hydroxyl groups excluding tert-OH is 1. The van der Waals surface area contributed by atoms with E-state index in [-0.39, 0.29) is 12.6 Å². The van der Waals surface area contributed by atoms with Crippen LogP contribution in [0, 0.1) is 0 Å². The van der Waals surface area contributed by atoms with Gasteiger partial charge in [0.2, 0.25) is 0 Å². The number of hydrogen-bond acceptors (Lipinski definition) is 6. The van der Waals surface area contributed by atoms with Gasteiger partial charge < -0.3 is 15.2 Å². The molecule has 1 aliphatic rings. The summed E-state index contributed by atoms with van der Waals surface area (Å²) in [5.41, 5.74) is 1.58. The second-order valence-electron chi connectivity index (χ2n) is 5.87. The molecule has 2 atom stereocenters. The van der Waals surface area contributed by atoms with Gasteiger partial charge in [-0.15, -0.1) is 5.10 Å². The molecule has 1 aliphatic carbocycles. The molecule has 1 fully saturated rings. The fourth-order valence-electron chi connectivity index (χ4n) is 3.13. The monoisotopic (exact) mass is 317 g/mol. The lowest BCUT2D eigenvalue weighted by molar-refractivity contribution is 0.241. The minimum absolute atomic E-state index is 0.0709. The van der Waals surface area contributed by atoms with Crippen LogP contribution in [0.15, 0.2) is 24.5 Å². The minimum Gasteiger partial charge on any atom is -0.497 e. The zero-order valence-electron chi connectivity index (χ0n) is 13.4. The molecule has 1 saturated carbocycles. The quantitative estimate of drug-likeness (QED) is 0.839. The molecule has 0 radical (unpaired) electrons. The SMILES string of the molecule is COc1ccnc(CN[C@H]2CCCC[C@H]2n2cc(CO)nn2)c1. The van der Waals surface area contributed by atoms with Crippen LogP contribution in [-0.4, -0.2) is 38.2 Å². The second kappa shape index (κ2) is 7.52. The number of methoxy groups -OCH3 is 1. The molecule has 7 heteroatoms. The normalized spacial score (nSPS) is 21.3. The smallest absolute Gasteiger partial charge is 0.122 e. The van der Waals surface area contributed by atoms with E-state index < -0.39 is 0 Å². The molecule has 0 bridgehead atoms. The molecule has 0 unspecified atom stereocenters. The van der Waals surface area contributed by atoms with E-state index in [0.717, 1.165) is 24.3 Å². The van der Waals surface area contributed by atoms with Crippen LogP contribution in [0.4, 0.5) is 0 Å². The maximum atomic E-state index is 9.17. The van der Waals surface area contributed by atoms with Crippen molar-refractivity contribution < 1.29 is 9.84 Å². The summed E-state index contributed by atoms with van der Waals surface area (Å²) < 4.78 is 7.13. The number of aromatic nitrogens is 4. The van der Waals surface area contributed by atoms with Crippen molar-refractivity contribution in [3.8, 4) is 5.75 Å². The molecule has 2 N–H and O–H groups in total. The van der Waals surface area contributed by atoms with Crippen molar-refractivity contribution in [2.24, 2.45) is 0 Å². The van der Waals surface area contributed by atoms with Crippen molar-refractivity contribution in [2.75, 3.05) is 7.11 Å². The van der Waals surface area contributed by atoms with Crippen LogP contribution >= 0.6 is 0 Å². The summed E-state index contributed by atoms with van der Waals surface area (Å²) in [5, 5.41) is 20.9. The fourth-order valence-corrected chi connectivity index (χ4v) is 3.13. The summed E-state index contributed by atoms with van der Waals surface area (Å²) in [5.74, 6) is 0.820. The number of pyridine rings is 1. The van der Waals surface area contributed by atoms with E-state index in [0.29, 0.717) is 18.3 Å². The standard InChI is InChI=1S/C16H23N5O2/c1-23-14-6-7-17-12(8-14)9-18-15-4-2-3-5-16(15)21-10-13(11-22)19-20-21/h6-8,10,15-16,18,22H,2-5,9,11H2,1H3/t15-,16+/m0/s1. The van der Waals surface area contributed by atoms with E-state index in [1.807, 2.05) is 23.0 Å². The Balaban J connectivity index is 1.66. The first-order valence-corrected chi connectivity index (χ1v) is 8.04. The average molecular weight is 317 g/mol. The van der Waals surface area contributed by atoms with Gasteiger partial charge in [0, 0.05) is 24.8 Å². The van der Waals surface area contributed by atoms with Gasteiger partial charge in [0.25, 0.3) is 0 Å². The number of hydrogen-bond donors (Lipinski definition) is 2. The number of nitrogens with one attached hydrogen (secondary N) is 1. The number of rotatable bonds is 6. The first-order valence-electron chi connectivity index (χ1n) is 8.04. The maximum Gasteiger partial charge on any atom is 0.122 e. The average Bonchev–Trinajstić information content (AvgIpc) is 3.09. The molecule has 23 heavy (non-hydrogen) atoms. The van der Waals surface area contributed by atoms with Gasteiger partial charge in [-0.25, -0.2) is 4.68 Å². The van der Waals surface area contributed by atoms with Crippen LogP contribution in [-0.2, 0) is 13.2 Å². The van der Waals surface area contributed by atoms with Crippen molar-refractivity contribution in [3.63, 3.8) is 0 Å². The van der Waals surface area contributed by atoms with Crippen LogP contribution in [0.5, 0.6) is 5.75 Å². The van der Waals surface area contributed by atoms with Gasteiger partial charge in [-0.2, -0.15) is 0 Å². The van der Waals surface area contributed by atoms with Crippen LogP contribution < -0.4 is 10.1 Å². The van der Waals surface area contributed by atoms with Crippen LogP contribution in [0.1, 0.15) is 43.1 Å². The summed E-state index contributed by atoms with van der Waals surface area (Å²) in [7, 11) is 1.66. The van der Waals surface area contributed by atoms with Crippen LogP contribution in [0.2, 0.25) is 0 Å². The van der Waals surface area contributed by atoms with Crippen molar-refractivity contribution in [1.29, 1.82) is 0 Å². The Morgan fingerprint density at radius 3 is 3.00 bits per heavy atom. The third-order valence-corrected chi connectivity index (χ3v) is 4.36. The largest absolute Gasteiger partial charge is 0.497 e. The highest BCUT2D eigenvalue weighted by atomic mass is 16.5. The van der Waals surface area contributed by atoms with Crippen molar-refractivity contribution in [3.05, 3.63) is 35.9 Å². The van der Waals surface area contributed by atoms with Gasteiger partial charge >= 0.3 is 0 Å². The Labute approximate surface area is 135 Å². The molecule has 0 spiro atoms. The summed E-state index contributed by atoms with van der Waals surface area (Å²) in [6.07, 6.45) is 8.17. The van der Waals surface area contributed by atoms with E-state index in [2.05, 4.69) is 20.6 Å². The number of nitrogens with zero attached hydrogens (tertiary/aromatic N) is 4. The predicted molar refractivity (Wildman–Crippen MR) is 84.9 cm³/mol. The van der Waals surface area contributed by atoms with Crippen molar-refractivity contribution >= 4 is 0 Å². The van der Waals surface area contributed by atoms with Gasteiger partial charge in [-0.05, 0) is 18.9 Å². The maximum absolute atomic E-state index is 9.17. The molecule has 0 saturated heterocycles. The van der Waals surface area contributed by atoms with E-state index in [4.69, 9.17) is 9.84 Å². The lowest BCUT2D eigenvalue weighted by atomic mass is 9.90. The molecular formula is C16H23N5O2. The molecule has 7 nitrogen and oxygen atoms in total. The van der Waals surface area contributed by atoms with Gasteiger partial charge in [-0.3, -0.25) is 4.98 Å². The highest BCUT2D eigenvalue weighted by molar-refractivity contribution is 5.22. The Kier molecular flexibility index (Phi) is 5.19. The van der Waals surface area contributed by atoms with E-state index in [1.54, 1.807) is 13.3 Å². The van der Waals surface area contributed by atoms with Gasteiger partial charge in [0.15, 0.2) is 0 Å². The summed E-state index contributed by atoms with van der Waals surface area (Å²) in [4.78, 5) is 4.38. The Bertz CT molecular complexity index is 630. The van der Waals surface area contributed by atoms with Crippen LogP contribution in [0.3, 0.4) is 0 Å². The number of ether oxygens (including phenoxy) is 1. The fraction of sp³-hybridized carbons (Fsp3) is 0.562. The zero-order chi connectivity index (χ0) is 16.1. The lowest BCUT2D eigenvalue weighted by Crippen LogP contribution is -2.39. The molecule has 0 aromatic carbocycles. The lowest BCUT2D eigenvalue weighted by Gasteiger charge is -2.32. The predicted octanol–water partition coefficient (Wildman–Crippen LogP) is 1.45. The van der Waals surface area contributed by atoms with E-state index in [9.17, 15) is 0 Å². The molecule has 2 aromatic heterocycles. The Hall–Kier alpha value is -1.99. The number of aliphatic hydroxyl groups is 1. The van der Waals surface area contributed by atoms with Crippen LogP contribution in [0.25, 0.3) is 0 Å². The minimum atomic E-state index is -0.0709. The first kappa shape index (κ1) is 15.9.